The fourth-order valence-corrected chi connectivity index (χ4v) is 2.79. The number of phenolic OH excluding ortho intramolecular Hbond substituents is 1. The molecule has 2 radical (unpaired) electrons. The van der Waals surface area contributed by atoms with Gasteiger partial charge >= 0.3 is 5.97 Å². The minimum Gasteiger partial charge on any atom is -0.507 e. The van der Waals surface area contributed by atoms with Crippen LogP contribution in [0.1, 0.15) is 51.3 Å². The summed E-state index contributed by atoms with van der Waals surface area (Å²) in [6, 6.07) is 5.14. The van der Waals surface area contributed by atoms with Crippen molar-refractivity contribution in [2.24, 2.45) is 0 Å². The predicted octanol–water partition coefficient (Wildman–Crippen LogP) is 4.32. The van der Waals surface area contributed by atoms with Gasteiger partial charge in [-0.25, -0.2) is 0 Å². The van der Waals surface area contributed by atoms with E-state index in [1.165, 1.54) is 7.11 Å². The lowest BCUT2D eigenvalue weighted by molar-refractivity contribution is -0.144. The van der Waals surface area contributed by atoms with Gasteiger partial charge in [-0.15, -0.1) is 0 Å². The van der Waals surface area contributed by atoms with E-state index in [0.29, 0.717) is 6.47 Å². The number of nitrogens with zero attached hydrogens (tertiary/aromatic N) is 1. The Morgan fingerprint density at radius 2 is 1.97 bits per heavy atom. The minimum absolute atomic E-state index is 0.0686. The van der Waals surface area contributed by atoms with Crippen LogP contribution in [0.4, 0.5) is 0 Å². The van der Waals surface area contributed by atoms with Crippen LogP contribution in [-0.4, -0.2) is 63.5 Å². The third-order valence-electron chi connectivity index (χ3n) is 4.50. The van der Waals surface area contributed by atoms with Crippen LogP contribution in [-0.2, 0) is 24.5 Å². The first-order chi connectivity index (χ1) is 13.4. The van der Waals surface area contributed by atoms with Gasteiger partial charge in [0.05, 0.1) is 19.6 Å². The first kappa shape index (κ1) is 28.1. The Labute approximate surface area is 190 Å². The number of esters is 1. The van der Waals surface area contributed by atoms with Gasteiger partial charge in [0.15, 0.2) is 0 Å². The number of likely N-dealkylation sites (N-methyl/N-ethyl adjacent to an activating group) is 1. The molecule has 0 spiro atoms. The molecule has 3 atom stereocenters. The third-order valence-corrected chi connectivity index (χ3v) is 4.50. The van der Waals surface area contributed by atoms with E-state index in [2.05, 4.69) is 22.0 Å². The molecule has 3 unspecified atom stereocenters. The van der Waals surface area contributed by atoms with Gasteiger partial charge in [0.2, 0.25) is 0 Å². The Hall–Kier alpha value is -0.855. The van der Waals surface area contributed by atoms with E-state index in [1.54, 1.807) is 0 Å². The van der Waals surface area contributed by atoms with Gasteiger partial charge in [0.25, 0.3) is 6.47 Å². The highest BCUT2D eigenvalue weighted by Gasteiger charge is 2.28. The van der Waals surface area contributed by atoms with E-state index < -0.39 is 0 Å². The molecule has 162 valence electrons. The molecule has 0 saturated carbocycles. The van der Waals surface area contributed by atoms with Crippen LogP contribution in [0.5, 0.6) is 5.75 Å². The Balaban J connectivity index is 0.00000178. The van der Waals surface area contributed by atoms with Gasteiger partial charge < -0.3 is 14.6 Å². The highest BCUT2D eigenvalue weighted by atomic mass is 127. The molecule has 0 saturated heterocycles. The number of para-hydroxylation sites is 1. The molecule has 1 aromatic carbocycles. The van der Waals surface area contributed by atoms with Gasteiger partial charge in [0, 0.05) is 11.6 Å². The maximum Gasteiger partial charge on any atom is 0.307 e. The van der Waals surface area contributed by atoms with Crippen molar-refractivity contribution in [3.8, 4) is 5.75 Å². The molecule has 0 heterocycles. The molecule has 0 amide bonds. The van der Waals surface area contributed by atoms with Crippen molar-refractivity contribution in [3.63, 3.8) is 0 Å². The third kappa shape index (κ3) is 10.1. The number of rotatable bonds is 8. The Morgan fingerprint density at radius 3 is 2.41 bits per heavy atom. The fraction of sp³-hybridized carbons (Fsp3) is 0.600. The number of hydrogen-bond acceptors (Lipinski definition) is 6. The van der Waals surface area contributed by atoms with Crippen LogP contribution in [0, 0.1) is 0 Å². The lowest BCUT2D eigenvalue weighted by atomic mass is 9.84. The fourth-order valence-electron chi connectivity index (χ4n) is 2.79. The topological polar surface area (TPSA) is 76.1 Å². The van der Waals surface area contributed by atoms with Crippen LogP contribution < -0.4 is 0 Å². The Morgan fingerprint density at radius 1 is 1.41 bits per heavy atom. The smallest absolute Gasteiger partial charge is 0.307 e. The largest absolute Gasteiger partial charge is 0.507 e. The second-order valence-electron chi connectivity index (χ2n) is 7.72. The summed E-state index contributed by atoms with van der Waals surface area (Å²) in [6.07, 6.45) is 0.0882. The first-order valence-electron chi connectivity index (χ1n) is 9.17. The number of halogens is 1. The number of ether oxygens (including phenoxy) is 2. The standard InChI is InChI=1S/C19H29NO5.CH3BIP/c1-13(15-8-7-9-16(18(15)23)19(2,3)4)20(5)14(11-25-12-21)10-17(22)24-6;1-4(2)3/h7-9,12-14,23H,10-11H2,1-6H3;1H3. The lowest BCUT2D eigenvalue weighted by Crippen LogP contribution is -2.39. The van der Waals surface area contributed by atoms with Crippen LogP contribution in [0.3, 0.4) is 0 Å². The van der Waals surface area contributed by atoms with Gasteiger partial charge in [-0.3, -0.25) is 14.5 Å². The molecule has 0 aromatic heterocycles. The normalized spacial score (nSPS) is 14.2. The van der Waals surface area contributed by atoms with Crippen molar-refractivity contribution in [3.05, 3.63) is 29.3 Å². The van der Waals surface area contributed by atoms with E-state index in [0.717, 1.165) is 11.1 Å². The number of hydrogen-bond donors (Lipinski definition) is 1. The maximum absolute atomic E-state index is 11.7. The van der Waals surface area contributed by atoms with E-state index in [4.69, 9.17) is 17.0 Å². The number of phenols is 1. The highest BCUT2D eigenvalue weighted by Crippen LogP contribution is 2.37. The summed E-state index contributed by atoms with van der Waals surface area (Å²) in [5.74, 6) is -0.131. The number of aromatic hydroxyl groups is 1. The van der Waals surface area contributed by atoms with Gasteiger partial charge in [-0.2, -0.15) is 0 Å². The summed E-state index contributed by atoms with van der Waals surface area (Å²) in [6.45, 7) is 10.5. The highest BCUT2D eigenvalue weighted by molar-refractivity contribution is 14.2. The van der Waals surface area contributed by atoms with Crippen molar-refractivity contribution >= 4 is 47.5 Å². The molecule has 6 nitrogen and oxygen atoms in total. The van der Waals surface area contributed by atoms with Gasteiger partial charge in [-0.05, 0) is 31.6 Å². The summed E-state index contributed by atoms with van der Waals surface area (Å²) in [4.78, 5) is 24.1. The average molecular weight is 535 g/mol. The summed E-state index contributed by atoms with van der Waals surface area (Å²) in [7, 11) is 8.31. The van der Waals surface area contributed by atoms with Crippen molar-refractivity contribution in [2.45, 2.75) is 51.6 Å². The van der Waals surface area contributed by atoms with E-state index in [1.807, 2.05) is 64.5 Å². The molecule has 0 aliphatic carbocycles. The molecule has 0 aliphatic heterocycles. The second-order valence-corrected chi connectivity index (χ2v) is 13.3. The van der Waals surface area contributed by atoms with Gasteiger partial charge in [0.1, 0.15) is 19.9 Å². The van der Waals surface area contributed by atoms with Crippen LogP contribution >= 0.6 is 27.5 Å². The molecule has 1 N–H and O–H groups in total. The number of methoxy groups -OCH3 is 1. The van der Waals surface area contributed by atoms with Crippen LogP contribution in [0.2, 0.25) is 0 Å². The SMILES string of the molecule is COC(=O)CC(COC=O)N(C)C(C)c1cccc(C(C)(C)C)c1O.[B]P(C)I. The van der Waals surface area contributed by atoms with Crippen molar-refractivity contribution in [2.75, 3.05) is 27.4 Å². The molecule has 9 heteroatoms. The zero-order chi connectivity index (χ0) is 22.8. The first-order valence-corrected chi connectivity index (χ1v) is 13.8. The molecule has 1 rings (SSSR count). The number of carbonyl (C=O) groups is 2. The zero-order valence-electron chi connectivity index (χ0n) is 18.3. The molecule has 0 bridgehead atoms. The molecule has 29 heavy (non-hydrogen) atoms. The average Bonchev–Trinajstić information content (AvgIpc) is 2.62. The monoisotopic (exact) mass is 535 g/mol. The molecule has 0 fully saturated rings. The Kier molecular flexibility index (Phi) is 13.1. The number of carbonyl (C=O) groups excluding carboxylic acids is 2. The second kappa shape index (κ2) is 13.4. The van der Waals surface area contributed by atoms with E-state index in [-0.39, 0.29) is 47.7 Å². The molecular weight excluding hydrogens is 503 g/mol. The van der Waals surface area contributed by atoms with Crippen LogP contribution in [0.25, 0.3) is 0 Å². The predicted molar refractivity (Wildman–Crippen MR) is 128 cm³/mol. The van der Waals surface area contributed by atoms with Crippen LogP contribution in [0.15, 0.2) is 18.2 Å². The number of benzene rings is 1. The summed E-state index contributed by atoms with van der Waals surface area (Å²) < 4.78 is 9.59. The van der Waals surface area contributed by atoms with Crippen molar-refractivity contribution in [1.29, 1.82) is 0 Å². The summed E-state index contributed by atoms with van der Waals surface area (Å²) in [5.41, 5.74) is 1.28. The van der Waals surface area contributed by atoms with E-state index >= 15 is 0 Å². The lowest BCUT2D eigenvalue weighted by Gasteiger charge is -2.33. The molecule has 1 aromatic rings. The summed E-state index contributed by atoms with van der Waals surface area (Å²) in [5, 5.41) is 10.7. The van der Waals surface area contributed by atoms with Crippen molar-refractivity contribution in [1.82, 2.24) is 4.90 Å². The molecule has 0 aliphatic rings. The van der Waals surface area contributed by atoms with E-state index in [9.17, 15) is 14.7 Å². The maximum atomic E-state index is 11.7. The zero-order valence-corrected chi connectivity index (χ0v) is 21.4. The van der Waals surface area contributed by atoms with Gasteiger partial charge in [-0.1, -0.05) is 66.5 Å². The quantitative estimate of drug-likeness (QED) is 0.176. The van der Waals surface area contributed by atoms with Crippen molar-refractivity contribution < 1.29 is 24.2 Å². The minimum atomic E-state index is -0.383. The summed E-state index contributed by atoms with van der Waals surface area (Å²) >= 11 is 2.19. The Bertz CT molecular complexity index is 651. The molecular formula is C20H32BINO5P.